The summed E-state index contributed by atoms with van der Waals surface area (Å²) in [5, 5.41) is 0. The molecule has 0 radical (unpaired) electrons. The molecule has 0 aliphatic heterocycles. The molecule has 90 valence electrons. The molecular weight excluding hydrogens is 254 g/mol. The predicted molar refractivity (Wildman–Crippen MR) is 69.3 cm³/mol. The lowest BCUT2D eigenvalue weighted by molar-refractivity contribution is 0.581. The van der Waals surface area contributed by atoms with Gasteiger partial charge in [0.05, 0.1) is 5.75 Å². The molecule has 0 atom stereocenters. The van der Waals surface area contributed by atoms with Crippen molar-refractivity contribution < 1.29 is 8.42 Å². The van der Waals surface area contributed by atoms with Gasteiger partial charge in [0.25, 0.3) is 0 Å². The summed E-state index contributed by atoms with van der Waals surface area (Å²) in [6.45, 7) is 4.07. The lowest BCUT2D eigenvalue weighted by Crippen LogP contribution is -2.28. The second-order valence-corrected chi connectivity index (χ2v) is 6.43. The smallest absolute Gasteiger partial charge is 0.211 e. The van der Waals surface area contributed by atoms with Crippen molar-refractivity contribution in [1.29, 1.82) is 0 Å². The summed E-state index contributed by atoms with van der Waals surface area (Å²) < 4.78 is 25.3. The number of unbranched alkanes of at least 4 members (excludes halogenated alkanes) is 1. The summed E-state index contributed by atoms with van der Waals surface area (Å²) in [5.74, 6) is 2.32. The number of hydrogen-bond donors (Lipinski definition) is 1. The molecule has 1 N–H and O–H groups in total. The van der Waals surface area contributed by atoms with E-state index in [9.17, 15) is 8.42 Å². The van der Waals surface area contributed by atoms with Gasteiger partial charge in [0.2, 0.25) is 10.0 Å². The highest BCUT2D eigenvalue weighted by Crippen LogP contribution is 1.99. The Hall–Kier alpha value is 0.290. The van der Waals surface area contributed by atoms with Gasteiger partial charge >= 0.3 is 0 Å². The van der Waals surface area contributed by atoms with Gasteiger partial charge in [0, 0.05) is 23.9 Å². The van der Waals surface area contributed by atoms with Gasteiger partial charge in [-0.05, 0) is 12.8 Å². The Labute approximate surface area is 102 Å². The maximum Gasteiger partial charge on any atom is 0.211 e. The van der Waals surface area contributed by atoms with E-state index in [0.717, 1.165) is 17.9 Å². The molecule has 0 rings (SSSR count). The highest BCUT2D eigenvalue weighted by Gasteiger charge is 2.07. The van der Waals surface area contributed by atoms with E-state index in [-0.39, 0.29) is 5.75 Å². The number of hydrogen-bond acceptors (Lipinski definition) is 3. The zero-order valence-corrected chi connectivity index (χ0v) is 11.1. The molecule has 0 saturated carbocycles. The number of sulfonamides is 1. The number of alkyl halides is 1. The van der Waals surface area contributed by atoms with Crippen LogP contribution in [-0.2, 0) is 10.0 Å². The van der Waals surface area contributed by atoms with Crippen molar-refractivity contribution in [1.82, 2.24) is 4.72 Å². The Morgan fingerprint density at radius 1 is 1.40 bits per heavy atom. The lowest BCUT2D eigenvalue weighted by atomic mass is 10.4. The predicted octanol–water partition coefficient (Wildman–Crippen LogP) is 1.84. The Bertz CT molecular complexity index is 255. The quantitative estimate of drug-likeness (QED) is 0.375. The Balaban J connectivity index is 3.51. The maximum absolute atomic E-state index is 11.4. The van der Waals surface area contributed by atoms with Gasteiger partial charge in [-0.1, -0.05) is 6.08 Å². The van der Waals surface area contributed by atoms with E-state index in [2.05, 4.69) is 11.3 Å². The van der Waals surface area contributed by atoms with E-state index < -0.39 is 10.0 Å². The first-order valence-electron chi connectivity index (χ1n) is 4.84. The van der Waals surface area contributed by atoms with Crippen LogP contribution < -0.4 is 4.72 Å². The molecule has 0 aromatic carbocycles. The van der Waals surface area contributed by atoms with Gasteiger partial charge < -0.3 is 0 Å². The van der Waals surface area contributed by atoms with Crippen molar-refractivity contribution in [2.45, 2.75) is 12.8 Å². The number of thioether (sulfide) groups is 1. The summed E-state index contributed by atoms with van der Waals surface area (Å²) in [5.41, 5.74) is 0. The van der Waals surface area contributed by atoms with E-state index >= 15 is 0 Å². The molecule has 6 heteroatoms. The summed E-state index contributed by atoms with van der Waals surface area (Å²) in [7, 11) is -3.09. The molecule has 0 unspecified atom stereocenters. The van der Waals surface area contributed by atoms with E-state index in [0.29, 0.717) is 18.8 Å². The first kappa shape index (κ1) is 15.3. The summed E-state index contributed by atoms with van der Waals surface area (Å²) in [6.07, 6.45) is 3.17. The molecule has 0 saturated heterocycles. The normalized spacial score (nSPS) is 11.5. The van der Waals surface area contributed by atoms with Crippen molar-refractivity contribution in [2.75, 3.05) is 29.7 Å². The SMILES string of the molecule is C=CCSCCNS(=O)(=O)CCCCCl. The van der Waals surface area contributed by atoms with Crippen LogP contribution in [0.3, 0.4) is 0 Å². The van der Waals surface area contributed by atoms with Crippen LogP contribution in [0.5, 0.6) is 0 Å². The topological polar surface area (TPSA) is 46.2 Å². The third-order valence-electron chi connectivity index (χ3n) is 1.60. The molecular formula is C9H18ClNO2S2. The van der Waals surface area contributed by atoms with E-state index in [1.807, 2.05) is 0 Å². The molecule has 0 amide bonds. The average Bonchev–Trinajstić information content (AvgIpc) is 2.17. The van der Waals surface area contributed by atoms with Gasteiger partial charge in [0.1, 0.15) is 0 Å². The van der Waals surface area contributed by atoms with Gasteiger partial charge in [0.15, 0.2) is 0 Å². The molecule has 0 bridgehead atoms. The lowest BCUT2D eigenvalue weighted by Gasteiger charge is -2.05. The Morgan fingerprint density at radius 3 is 2.73 bits per heavy atom. The third-order valence-corrected chi connectivity index (χ3v) is 4.30. The van der Waals surface area contributed by atoms with Gasteiger partial charge in [-0.15, -0.1) is 18.2 Å². The first-order chi connectivity index (χ1) is 7.12. The fourth-order valence-corrected chi connectivity index (χ4v) is 2.93. The maximum atomic E-state index is 11.4. The van der Waals surface area contributed by atoms with Gasteiger partial charge in [-0.2, -0.15) is 11.8 Å². The molecule has 15 heavy (non-hydrogen) atoms. The van der Waals surface area contributed by atoms with Crippen LogP contribution in [0.25, 0.3) is 0 Å². The van der Waals surface area contributed by atoms with Crippen molar-refractivity contribution >= 4 is 33.4 Å². The first-order valence-corrected chi connectivity index (χ1v) is 8.18. The van der Waals surface area contributed by atoms with Crippen LogP contribution in [0.1, 0.15) is 12.8 Å². The highest BCUT2D eigenvalue weighted by atomic mass is 35.5. The molecule has 3 nitrogen and oxygen atoms in total. The minimum Gasteiger partial charge on any atom is -0.214 e. The van der Waals surface area contributed by atoms with E-state index in [4.69, 9.17) is 11.6 Å². The van der Waals surface area contributed by atoms with Crippen LogP contribution in [0.4, 0.5) is 0 Å². The van der Waals surface area contributed by atoms with Crippen LogP contribution in [0.2, 0.25) is 0 Å². The summed E-state index contributed by atoms with van der Waals surface area (Å²) in [4.78, 5) is 0. The zero-order chi connectivity index (χ0) is 11.6. The van der Waals surface area contributed by atoms with Gasteiger partial charge in [-0.25, -0.2) is 13.1 Å². The monoisotopic (exact) mass is 271 g/mol. The molecule has 0 spiro atoms. The zero-order valence-electron chi connectivity index (χ0n) is 8.75. The Kier molecular flexibility index (Phi) is 9.70. The molecule has 0 heterocycles. The largest absolute Gasteiger partial charge is 0.214 e. The van der Waals surface area contributed by atoms with E-state index in [1.54, 1.807) is 17.8 Å². The van der Waals surface area contributed by atoms with Crippen molar-refractivity contribution in [3.63, 3.8) is 0 Å². The minimum atomic E-state index is -3.09. The fraction of sp³-hybridized carbons (Fsp3) is 0.778. The van der Waals surface area contributed by atoms with Crippen molar-refractivity contribution in [2.24, 2.45) is 0 Å². The van der Waals surface area contributed by atoms with E-state index in [1.165, 1.54) is 0 Å². The van der Waals surface area contributed by atoms with Crippen molar-refractivity contribution in [3.8, 4) is 0 Å². The molecule has 0 aliphatic carbocycles. The summed E-state index contributed by atoms with van der Waals surface area (Å²) in [6, 6.07) is 0. The Morgan fingerprint density at radius 2 is 2.13 bits per heavy atom. The van der Waals surface area contributed by atoms with Gasteiger partial charge in [-0.3, -0.25) is 0 Å². The minimum absolute atomic E-state index is 0.172. The second-order valence-electron chi connectivity index (χ2n) is 2.97. The number of nitrogens with one attached hydrogen (secondary N) is 1. The third kappa shape index (κ3) is 10.6. The fourth-order valence-electron chi connectivity index (χ4n) is 0.895. The standard InChI is InChI=1S/C9H18ClNO2S2/c1-2-7-14-8-6-11-15(12,13)9-4-3-5-10/h2,11H,1,3-9H2. The van der Waals surface area contributed by atoms with Crippen LogP contribution in [0.15, 0.2) is 12.7 Å². The highest BCUT2D eigenvalue weighted by molar-refractivity contribution is 7.99. The molecule has 0 aromatic rings. The number of halogens is 1. The van der Waals surface area contributed by atoms with Crippen LogP contribution in [0, 0.1) is 0 Å². The second kappa shape index (κ2) is 9.51. The molecule has 0 aliphatic rings. The summed E-state index contributed by atoms with van der Waals surface area (Å²) >= 11 is 7.12. The van der Waals surface area contributed by atoms with Crippen LogP contribution in [-0.4, -0.2) is 38.1 Å². The van der Waals surface area contributed by atoms with Crippen molar-refractivity contribution in [3.05, 3.63) is 12.7 Å². The molecule has 0 aromatic heterocycles. The van der Waals surface area contributed by atoms with Crippen LogP contribution >= 0.6 is 23.4 Å². The number of rotatable bonds is 10. The molecule has 0 fully saturated rings. The average molecular weight is 272 g/mol.